The molecule has 1 fully saturated rings. The summed E-state index contributed by atoms with van der Waals surface area (Å²) in [5.74, 6) is 2.66. The monoisotopic (exact) mass is 413 g/mol. The summed E-state index contributed by atoms with van der Waals surface area (Å²) in [6.07, 6.45) is 0. The summed E-state index contributed by atoms with van der Waals surface area (Å²) >= 11 is 1.77. The largest absolute Gasteiger partial charge is 0.454 e. The number of thioether (sulfide) groups is 1. The molecule has 0 unspecified atom stereocenters. The van der Waals surface area contributed by atoms with E-state index in [1.807, 2.05) is 24.3 Å². The van der Waals surface area contributed by atoms with Gasteiger partial charge in [-0.3, -0.25) is 14.6 Å². The molecule has 1 amide bonds. The Balaban J connectivity index is 1.12. The number of rotatable bonds is 8. The summed E-state index contributed by atoms with van der Waals surface area (Å²) in [7, 11) is 0. The standard InChI is InChI=1S/C22H27N3O3S/c26-22(23-8-13-29-19-4-2-1-3-5-19)16-25-11-9-24(10-12-25)15-18-6-7-20-21(14-18)28-17-27-20/h1-7,14H,8-13,15-17H2,(H,23,26). The quantitative estimate of drug-likeness (QED) is 0.530. The molecule has 4 rings (SSSR count). The number of carbonyl (C=O) groups is 1. The van der Waals surface area contributed by atoms with E-state index in [9.17, 15) is 4.79 Å². The molecule has 0 radical (unpaired) electrons. The molecule has 0 atom stereocenters. The van der Waals surface area contributed by atoms with Gasteiger partial charge in [-0.15, -0.1) is 11.8 Å². The van der Waals surface area contributed by atoms with Crippen molar-refractivity contribution in [3.8, 4) is 11.5 Å². The van der Waals surface area contributed by atoms with Crippen molar-refractivity contribution in [1.82, 2.24) is 15.1 Å². The minimum Gasteiger partial charge on any atom is -0.454 e. The second-order valence-electron chi connectivity index (χ2n) is 7.25. The van der Waals surface area contributed by atoms with Gasteiger partial charge in [0.1, 0.15) is 0 Å². The Morgan fingerprint density at radius 3 is 2.55 bits per heavy atom. The second-order valence-corrected chi connectivity index (χ2v) is 8.42. The van der Waals surface area contributed by atoms with Gasteiger partial charge in [0.05, 0.1) is 6.54 Å². The number of carbonyl (C=O) groups excluding carboxylic acids is 1. The van der Waals surface area contributed by atoms with Crippen LogP contribution < -0.4 is 14.8 Å². The Hall–Kier alpha value is -2.22. The third-order valence-corrected chi connectivity index (χ3v) is 6.13. The molecule has 2 aliphatic heterocycles. The highest BCUT2D eigenvalue weighted by Crippen LogP contribution is 2.32. The van der Waals surface area contributed by atoms with Crippen LogP contribution in [0, 0.1) is 0 Å². The maximum Gasteiger partial charge on any atom is 0.234 e. The molecule has 2 aliphatic rings. The first-order valence-electron chi connectivity index (χ1n) is 10.0. The summed E-state index contributed by atoms with van der Waals surface area (Å²) in [6.45, 7) is 6.14. The van der Waals surface area contributed by atoms with E-state index in [0.29, 0.717) is 19.9 Å². The number of amides is 1. The van der Waals surface area contributed by atoms with Crippen LogP contribution >= 0.6 is 11.8 Å². The van der Waals surface area contributed by atoms with Crippen molar-refractivity contribution in [2.45, 2.75) is 11.4 Å². The van der Waals surface area contributed by atoms with Crippen molar-refractivity contribution >= 4 is 17.7 Å². The number of piperazine rings is 1. The van der Waals surface area contributed by atoms with Crippen molar-refractivity contribution < 1.29 is 14.3 Å². The molecule has 154 valence electrons. The maximum atomic E-state index is 12.2. The summed E-state index contributed by atoms with van der Waals surface area (Å²) in [6, 6.07) is 16.4. The fraction of sp³-hybridized carbons (Fsp3) is 0.409. The lowest BCUT2D eigenvalue weighted by molar-refractivity contribution is -0.122. The summed E-state index contributed by atoms with van der Waals surface area (Å²) in [5.41, 5.74) is 1.23. The van der Waals surface area contributed by atoms with Crippen molar-refractivity contribution in [3.05, 3.63) is 54.1 Å². The van der Waals surface area contributed by atoms with Gasteiger partial charge in [0.2, 0.25) is 12.7 Å². The van der Waals surface area contributed by atoms with Crippen molar-refractivity contribution in [2.24, 2.45) is 0 Å². The molecule has 0 saturated carbocycles. The first kappa shape index (κ1) is 20.1. The Bertz CT molecular complexity index is 810. The number of hydrogen-bond acceptors (Lipinski definition) is 6. The predicted octanol–water partition coefficient (Wildman–Crippen LogP) is 2.44. The van der Waals surface area contributed by atoms with Crippen molar-refractivity contribution in [1.29, 1.82) is 0 Å². The van der Waals surface area contributed by atoms with Gasteiger partial charge < -0.3 is 14.8 Å². The van der Waals surface area contributed by atoms with Gasteiger partial charge in [0.25, 0.3) is 0 Å². The zero-order valence-corrected chi connectivity index (χ0v) is 17.3. The summed E-state index contributed by atoms with van der Waals surface area (Å²) in [5, 5.41) is 3.03. The van der Waals surface area contributed by atoms with Crippen LogP contribution in [-0.4, -0.2) is 67.5 Å². The Labute approximate surface area is 176 Å². The molecule has 1 N–H and O–H groups in total. The van der Waals surface area contributed by atoms with Crippen LogP contribution in [0.15, 0.2) is 53.4 Å². The van der Waals surface area contributed by atoms with Crippen molar-refractivity contribution in [3.63, 3.8) is 0 Å². The Kier molecular flexibility index (Phi) is 6.92. The molecule has 0 aromatic heterocycles. The lowest BCUT2D eigenvalue weighted by atomic mass is 10.1. The molecule has 2 aromatic rings. The molecule has 0 aliphatic carbocycles. The first-order chi connectivity index (χ1) is 14.3. The molecule has 1 saturated heterocycles. The fourth-order valence-corrected chi connectivity index (χ4v) is 4.33. The van der Waals surface area contributed by atoms with E-state index in [2.05, 4.69) is 39.4 Å². The average molecular weight is 414 g/mol. The van der Waals surface area contributed by atoms with Crippen LogP contribution in [-0.2, 0) is 11.3 Å². The molecular weight excluding hydrogens is 386 g/mol. The maximum absolute atomic E-state index is 12.2. The van der Waals surface area contributed by atoms with E-state index in [1.54, 1.807) is 11.8 Å². The highest BCUT2D eigenvalue weighted by Gasteiger charge is 2.20. The highest BCUT2D eigenvalue weighted by molar-refractivity contribution is 7.99. The molecule has 2 aromatic carbocycles. The number of benzene rings is 2. The van der Waals surface area contributed by atoms with Crippen LogP contribution in [0.4, 0.5) is 0 Å². The van der Waals surface area contributed by atoms with Gasteiger partial charge in [0.15, 0.2) is 11.5 Å². The normalized spacial score (nSPS) is 16.7. The van der Waals surface area contributed by atoms with Crippen LogP contribution in [0.5, 0.6) is 11.5 Å². The molecule has 29 heavy (non-hydrogen) atoms. The Morgan fingerprint density at radius 2 is 1.72 bits per heavy atom. The second kappa shape index (κ2) is 10.0. The van der Waals surface area contributed by atoms with Crippen LogP contribution in [0.2, 0.25) is 0 Å². The van der Waals surface area contributed by atoms with Gasteiger partial charge >= 0.3 is 0 Å². The number of ether oxygens (including phenoxy) is 2. The topological polar surface area (TPSA) is 54.0 Å². The van der Waals surface area contributed by atoms with Gasteiger partial charge in [-0.2, -0.15) is 0 Å². The molecular formula is C22H27N3O3S. The fourth-order valence-electron chi connectivity index (χ4n) is 3.54. The van der Waals surface area contributed by atoms with E-state index in [-0.39, 0.29) is 5.91 Å². The molecule has 2 heterocycles. The number of nitrogens with one attached hydrogen (secondary N) is 1. The van der Waals surface area contributed by atoms with E-state index in [1.165, 1.54) is 10.5 Å². The zero-order chi connectivity index (χ0) is 19.9. The first-order valence-corrected chi connectivity index (χ1v) is 11.0. The van der Waals surface area contributed by atoms with Crippen LogP contribution in [0.25, 0.3) is 0 Å². The highest BCUT2D eigenvalue weighted by atomic mass is 32.2. The molecule has 0 bridgehead atoms. The number of hydrogen-bond donors (Lipinski definition) is 1. The molecule has 6 nitrogen and oxygen atoms in total. The van der Waals surface area contributed by atoms with E-state index in [0.717, 1.165) is 50.0 Å². The number of nitrogens with zero attached hydrogens (tertiary/aromatic N) is 2. The SMILES string of the molecule is O=C(CN1CCN(Cc2ccc3c(c2)OCO3)CC1)NCCSc1ccccc1. The summed E-state index contributed by atoms with van der Waals surface area (Å²) < 4.78 is 10.8. The van der Waals surface area contributed by atoms with Crippen molar-refractivity contribution in [2.75, 3.05) is 51.8 Å². The number of fused-ring (bicyclic) bond motifs is 1. The summed E-state index contributed by atoms with van der Waals surface area (Å²) in [4.78, 5) is 18.1. The smallest absolute Gasteiger partial charge is 0.234 e. The third-order valence-electron chi connectivity index (χ3n) is 5.11. The van der Waals surface area contributed by atoms with Gasteiger partial charge in [0, 0.05) is 49.9 Å². The zero-order valence-electron chi connectivity index (χ0n) is 16.5. The third kappa shape index (κ3) is 5.88. The van der Waals surface area contributed by atoms with Crippen LogP contribution in [0.3, 0.4) is 0 Å². The van der Waals surface area contributed by atoms with Crippen LogP contribution in [0.1, 0.15) is 5.56 Å². The lowest BCUT2D eigenvalue weighted by Gasteiger charge is -2.34. The van der Waals surface area contributed by atoms with Gasteiger partial charge in [-0.05, 0) is 29.8 Å². The minimum absolute atomic E-state index is 0.114. The van der Waals surface area contributed by atoms with E-state index >= 15 is 0 Å². The lowest BCUT2D eigenvalue weighted by Crippen LogP contribution is -2.49. The minimum atomic E-state index is 0.114. The average Bonchev–Trinajstić information content (AvgIpc) is 3.21. The Morgan fingerprint density at radius 1 is 0.966 bits per heavy atom. The van der Waals surface area contributed by atoms with E-state index in [4.69, 9.17) is 9.47 Å². The predicted molar refractivity (Wildman–Crippen MR) is 114 cm³/mol. The van der Waals surface area contributed by atoms with Gasteiger partial charge in [-0.1, -0.05) is 24.3 Å². The molecule has 7 heteroatoms. The molecule has 0 spiro atoms. The van der Waals surface area contributed by atoms with E-state index < -0.39 is 0 Å². The van der Waals surface area contributed by atoms with Gasteiger partial charge in [-0.25, -0.2) is 0 Å².